The number of rotatable bonds is 6. The van der Waals surface area contributed by atoms with Crippen molar-refractivity contribution < 1.29 is 9.13 Å². The second-order valence-corrected chi connectivity index (χ2v) is 5.32. The van der Waals surface area contributed by atoms with E-state index in [9.17, 15) is 4.39 Å². The lowest BCUT2D eigenvalue weighted by atomic mass is 10.2. The first-order valence-electron chi connectivity index (χ1n) is 6.86. The van der Waals surface area contributed by atoms with E-state index in [1.807, 2.05) is 6.92 Å². The van der Waals surface area contributed by atoms with Gasteiger partial charge in [-0.05, 0) is 47.0 Å². The number of nitrogens with one attached hydrogen (secondary N) is 1. The van der Waals surface area contributed by atoms with Crippen LogP contribution in [0.2, 0.25) is 0 Å². The standard InChI is InChI=1S/C15H17BrFN3O/c1-3-7-18-14-11(4-2)15(20-9-19-14)21-13-6-5-10(17)8-12(13)16/h5-6,8-9H,3-4,7H2,1-2H3,(H,18,19,20). The van der Waals surface area contributed by atoms with Gasteiger partial charge in [-0.1, -0.05) is 13.8 Å². The van der Waals surface area contributed by atoms with E-state index in [0.29, 0.717) is 16.1 Å². The Morgan fingerprint density at radius 1 is 1.29 bits per heavy atom. The lowest BCUT2D eigenvalue weighted by molar-refractivity contribution is 0.451. The molecule has 1 aromatic heterocycles. The van der Waals surface area contributed by atoms with Gasteiger partial charge in [0.15, 0.2) is 0 Å². The van der Waals surface area contributed by atoms with E-state index >= 15 is 0 Å². The van der Waals surface area contributed by atoms with Crippen molar-refractivity contribution in [2.24, 2.45) is 0 Å². The van der Waals surface area contributed by atoms with Crippen LogP contribution in [0.25, 0.3) is 0 Å². The third-order valence-electron chi connectivity index (χ3n) is 2.90. The molecule has 21 heavy (non-hydrogen) atoms. The summed E-state index contributed by atoms with van der Waals surface area (Å²) in [4.78, 5) is 8.44. The lowest BCUT2D eigenvalue weighted by Gasteiger charge is -2.14. The van der Waals surface area contributed by atoms with Crippen LogP contribution in [0.3, 0.4) is 0 Å². The third-order valence-corrected chi connectivity index (χ3v) is 3.52. The summed E-state index contributed by atoms with van der Waals surface area (Å²) in [6.45, 7) is 4.94. The molecule has 2 aromatic rings. The molecule has 0 aliphatic carbocycles. The Balaban J connectivity index is 2.30. The van der Waals surface area contributed by atoms with Gasteiger partial charge in [0, 0.05) is 6.54 Å². The molecule has 0 fully saturated rings. The first-order valence-corrected chi connectivity index (χ1v) is 7.65. The zero-order chi connectivity index (χ0) is 15.2. The van der Waals surface area contributed by atoms with Crippen LogP contribution in [0, 0.1) is 5.82 Å². The van der Waals surface area contributed by atoms with Gasteiger partial charge < -0.3 is 10.1 Å². The Labute approximate surface area is 131 Å². The van der Waals surface area contributed by atoms with Gasteiger partial charge in [-0.3, -0.25) is 0 Å². The third kappa shape index (κ3) is 3.91. The fraction of sp³-hybridized carbons (Fsp3) is 0.333. The van der Waals surface area contributed by atoms with Crippen molar-refractivity contribution in [3.63, 3.8) is 0 Å². The SMILES string of the molecule is CCCNc1ncnc(Oc2ccc(F)cc2Br)c1CC. The highest BCUT2D eigenvalue weighted by Crippen LogP contribution is 2.32. The number of benzene rings is 1. The summed E-state index contributed by atoms with van der Waals surface area (Å²) in [6, 6.07) is 4.28. The Morgan fingerprint density at radius 3 is 2.76 bits per heavy atom. The highest BCUT2D eigenvalue weighted by molar-refractivity contribution is 9.10. The first kappa shape index (κ1) is 15.7. The number of halogens is 2. The predicted octanol–water partition coefficient (Wildman–Crippen LogP) is 4.55. The van der Waals surface area contributed by atoms with Crippen molar-refractivity contribution in [1.29, 1.82) is 0 Å². The molecule has 0 saturated carbocycles. The molecule has 2 rings (SSSR count). The molecular weight excluding hydrogens is 337 g/mol. The monoisotopic (exact) mass is 353 g/mol. The van der Waals surface area contributed by atoms with Gasteiger partial charge in [-0.2, -0.15) is 0 Å². The van der Waals surface area contributed by atoms with E-state index in [-0.39, 0.29) is 5.82 Å². The average Bonchev–Trinajstić information content (AvgIpc) is 2.48. The Morgan fingerprint density at radius 2 is 2.10 bits per heavy atom. The molecule has 0 spiro atoms. The molecule has 0 bridgehead atoms. The van der Waals surface area contributed by atoms with Crippen LogP contribution in [0.5, 0.6) is 11.6 Å². The predicted molar refractivity (Wildman–Crippen MR) is 84.4 cm³/mol. The number of ether oxygens (including phenoxy) is 1. The van der Waals surface area contributed by atoms with Gasteiger partial charge in [0.25, 0.3) is 0 Å². The molecule has 1 N–H and O–H groups in total. The topological polar surface area (TPSA) is 47.0 Å². The minimum atomic E-state index is -0.321. The molecule has 0 atom stereocenters. The van der Waals surface area contributed by atoms with E-state index in [1.165, 1.54) is 18.5 Å². The quantitative estimate of drug-likeness (QED) is 0.827. The number of hydrogen-bond donors (Lipinski definition) is 1. The Bertz CT molecular complexity index is 622. The molecule has 6 heteroatoms. The van der Waals surface area contributed by atoms with Gasteiger partial charge in [0.05, 0.1) is 10.0 Å². The molecule has 4 nitrogen and oxygen atoms in total. The van der Waals surface area contributed by atoms with Crippen LogP contribution in [-0.4, -0.2) is 16.5 Å². The van der Waals surface area contributed by atoms with Gasteiger partial charge in [0.2, 0.25) is 5.88 Å². The van der Waals surface area contributed by atoms with E-state index in [1.54, 1.807) is 6.07 Å². The number of hydrogen-bond acceptors (Lipinski definition) is 4. The van der Waals surface area contributed by atoms with Crippen LogP contribution < -0.4 is 10.1 Å². The van der Waals surface area contributed by atoms with Gasteiger partial charge in [0.1, 0.15) is 23.7 Å². The van der Waals surface area contributed by atoms with Gasteiger partial charge in [-0.25, -0.2) is 14.4 Å². The molecule has 0 saturated heterocycles. The summed E-state index contributed by atoms with van der Waals surface area (Å²) >= 11 is 3.29. The van der Waals surface area contributed by atoms with Crippen LogP contribution in [0.1, 0.15) is 25.8 Å². The van der Waals surface area contributed by atoms with Crippen molar-refractivity contribution in [2.45, 2.75) is 26.7 Å². The molecule has 1 heterocycles. The molecule has 0 aliphatic rings. The van der Waals surface area contributed by atoms with E-state index < -0.39 is 0 Å². The molecule has 0 unspecified atom stereocenters. The second-order valence-electron chi connectivity index (χ2n) is 4.46. The Kier molecular flexibility index (Phi) is 5.50. The van der Waals surface area contributed by atoms with Gasteiger partial charge in [-0.15, -0.1) is 0 Å². The van der Waals surface area contributed by atoms with Crippen LogP contribution in [0.4, 0.5) is 10.2 Å². The maximum Gasteiger partial charge on any atom is 0.227 e. The number of anilines is 1. The lowest BCUT2D eigenvalue weighted by Crippen LogP contribution is -2.07. The van der Waals surface area contributed by atoms with Crippen molar-refractivity contribution in [3.05, 3.63) is 40.4 Å². The normalized spacial score (nSPS) is 10.5. The molecule has 0 radical (unpaired) electrons. The maximum atomic E-state index is 13.1. The first-order chi connectivity index (χ1) is 10.2. The van der Waals surface area contributed by atoms with E-state index in [0.717, 1.165) is 30.8 Å². The molecular formula is C15H17BrFN3O. The smallest absolute Gasteiger partial charge is 0.227 e. The largest absolute Gasteiger partial charge is 0.437 e. The van der Waals surface area contributed by atoms with Crippen molar-refractivity contribution in [2.75, 3.05) is 11.9 Å². The minimum Gasteiger partial charge on any atom is -0.437 e. The van der Waals surface area contributed by atoms with E-state index in [4.69, 9.17) is 4.74 Å². The summed E-state index contributed by atoms with van der Waals surface area (Å²) in [7, 11) is 0. The summed E-state index contributed by atoms with van der Waals surface area (Å²) in [5.41, 5.74) is 0.905. The second kappa shape index (κ2) is 7.36. The number of aromatic nitrogens is 2. The van der Waals surface area contributed by atoms with Crippen LogP contribution >= 0.6 is 15.9 Å². The molecule has 112 valence electrons. The van der Waals surface area contributed by atoms with Gasteiger partial charge >= 0.3 is 0 Å². The zero-order valence-electron chi connectivity index (χ0n) is 12.0. The molecule has 1 aromatic carbocycles. The highest BCUT2D eigenvalue weighted by atomic mass is 79.9. The van der Waals surface area contributed by atoms with Crippen LogP contribution in [0.15, 0.2) is 29.0 Å². The van der Waals surface area contributed by atoms with E-state index in [2.05, 4.69) is 38.1 Å². The van der Waals surface area contributed by atoms with Crippen molar-refractivity contribution in [3.8, 4) is 11.6 Å². The summed E-state index contributed by atoms with van der Waals surface area (Å²) in [5.74, 6) is 1.46. The van der Waals surface area contributed by atoms with Crippen molar-refractivity contribution >= 4 is 21.7 Å². The van der Waals surface area contributed by atoms with Crippen LogP contribution in [-0.2, 0) is 6.42 Å². The highest BCUT2D eigenvalue weighted by Gasteiger charge is 2.13. The minimum absolute atomic E-state index is 0.321. The summed E-state index contributed by atoms with van der Waals surface area (Å²) in [6.07, 6.45) is 3.21. The zero-order valence-corrected chi connectivity index (χ0v) is 13.6. The average molecular weight is 354 g/mol. The Hall–Kier alpha value is -1.69. The number of nitrogens with zero attached hydrogens (tertiary/aromatic N) is 2. The molecule has 0 amide bonds. The maximum absolute atomic E-state index is 13.1. The fourth-order valence-corrected chi connectivity index (χ4v) is 2.29. The summed E-state index contributed by atoms with van der Waals surface area (Å²) < 4.78 is 19.5. The van der Waals surface area contributed by atoms with Crippen molar-refractivity contribution in [1.82, 2.24) is 9.97 Å². The fourth-order valence-electron chi connectivity index (χ4n) is 1.86. The molecule has 0 aliphatic heterocycles. The summed E-state index contributed by atoms with van der Waals surface area (Å²) in [5, 5.41) is 3.26.